The Balaban J connectivity index is 1.87. The van der Waals surface area contributed by atoms with Gasteiger partial charge in [0.25, 0.3) is 5.91 Å². The molecule has 0 bridgehead atoms. The van der Waals surface area contributed by atoms with Crippen molar-refractivity contribution in [1.82, 2.24) is 9.88 Å². The van der Waals surface area contributed by atoms with Crippen LogP contribution < -0.4 is 4.74 Å². The maximum absolute atomic E-state index is 12.8. The van der Waals surface area contributed by atoms with Gasteiger partial charge in [-0.05, 0) is 24.3 Å². The van der Waals surface area contributed by atoms with Gasteiger partial charge in [-0.2, -0.15) is 11.8 Å². The molecule has 122 valence electrons. The highest BCUT2D eigenvalue weighted by atomic mass is 32.2. The van der Waals surface area contributed by atoms with Crippen LogP contribution in [0.15, 0.2) is 24.3 Å². The second kappa shape index (κ2) is 6.54. The molecule has 1 aromatic heterocycles. The van der Waals surface area contributed by atoms with E-state index in [9.17, 15) is 9.59 Å². The van der Waals surface area contributed by atoms with Crippen LogP contribution in [0, 0.1) is 0 Å². The van der Waals surface area contributed by atoms with Gasteiger partial charge in [0.1, 0.15) is 11.4 Å². The fourth-order valence-electron chi connectivity index (χ4n) is 2.80. The predicted octanol–water partition coefficient (Wildman–Crippen LogP) is 2.21. The van der Waals surface area contributed by atoms with E-state index in [0.29, 0.717) is 18.0 Å². The maximum atomic E-state index is 12.8. The molecule has 1 amide bonds. The number of carboxylic acids is 1. The summed E-state index contributed by atoms with van der Waals surface area (Å²) in [6.45, 7) is 0.570. The van der Waals surface area contributed by atoms with E-state index in [1.165, 1.54) is 0 Å². The molecule has 1 saturated heterocycles. The highest BCUT2D eigenvalue weighted by Gasteiger charge is 2.30. The highest BCUT2D eigenvalue weighted by molar-refractivity contribution is 7.99. The van der Waals surface area contributed by atoms with E-state index in [4.69, 9.17) is 9.84 Å². The van der Waals surface area contributed by atoms with Gasteiger partial charge >= 0.3 is 5.97 Å². The molecule has 1 unspecified atom stereocenters. The number of carbonyl (C=O) groups excluding carboxylic acids is 1. The predicted molar refractivity (Wildman–Crippen MR) is 89.3 cm³/mol. The van der Waals surface area contributed by atoms with Crippen LogP contribution in [-0.2, 0) is 4.79 Å². The summed E-state index contributed by atoms with van der Waals surface area (Å²) in [5.74, 6) is 1.19. The number of fused-ring (bicyclic) bond motifs is 1. The molecule has 2 N–H and O–H groups in total. The molecule has 1 fully saturated rings. The molecular formula is C16H18N2O4S. The van der Waals surface area contributed by atoms with E-state index in [1.54, 1.807) is 29.8 Å². The number of H-pyrrole nitrogens is 1. The van der Waals surface area contributed by atoms with Crippen LogP contribution in [0.2, 0.25) is 0 Å². The minimum atomic E-state index is -0.878. The molecular weight excluding hydrogens is 316 g/mol. The largest absolute Gasteiger partial charge is 0.497 e. The summed E-state index contributed by atoms with van der Waals surface area (Å²) in [6, 6.07) is 7.09. The van der Waals surface area contributed by atoms with Gasteiger partial charge < -0.3 is 19.7 Å². The maximum Gasteiger partial charge on any atom is 0.305 e. The normalized spacial score (nSPS) is 18.1. The molecule has 0 spiro atoms. The van der Waals surface area contributed by atoms with Crippen molar-refractivity contribution in [2.75, 3.05) is 25.2 Å². The van der Waals surface area contributed by atoms with Gasteiger partial charge in [0.15, 0.2) is 0 Å². The number of thioether (sulfide) groups is 1. The van der Waals surface area contributed by atoms with Gasteiger partial charge in [0, 0.05) is 29.0 Å². The number of carbonyl (C=O) groups is 2. The molecule has 0 radical (unpaired) electrons. The number of rotatable bonds is 4. The number of aromatic amines is 1. The molecule has 1 aliphatic rings. The third-order valence-electron chi connectivity index (χ3n) is 3.96. The second-order valence-corrected chi connectivity index (χ2v) is 6.61. The average molecular weight is 334 g/mol. The van der Waals surface area contributed by atoms with Gasteiger partial charge in [-0.3, -0.25) is 9.59 Å². The van der Waals surface area contributed by atoms with Gasteiger partial charge in [-0.1, -0.05) is 0 Å². The summed E-state index contributed by atoms with van der Waals surface area (Å²) in [5, 5.41) is 9.94. The lowest BCUT2D eigenvalue weighted by molar-refractivity contribution is -0.138. The zero-order valence-corrected chi connectivity index (χ0v) is 13.6. The first-order valence-electron chi connectivity index (χ1n) is 7.36. The van der Waals surface area contributed by atoms with Gasteiger partial charge in [-0.15, -0.1) is 0 Å². The van der Waals surface area contributed by atoms with Gasteiger partial charge in [0.05, 0.1) is 19.6 Å². The van der Waals surface area contributed by atoms with Crippen LogP contribution in [-0.4, -0.2) is 58.1 Å². The van der Waals surface area contributed by atoms with Crippen molar-refractivity contribution >= 4 is 34.5 Å². The van der Waals surface area contributed by atoms with Crippen molar-refractivity contribution < 1.29 is 19.4 Å². The summed E-state index contributed by atoms with van der Waals surface area (Å²) >= 11 is 1.69. The monoisotopic (exact) mass is 334 g/mol. The van der Waals surface area contributed by atoms with E-state index in [0.717, 1.165) is 22.4 Å². The molecule has 7 heteroatoms. The molecule has 23 heavy (non-hydrogen) atoms. The lowest BCUT2D eigenvalue weighted by Crippen LogP contribution is -2.47. The van der Waals surface area contributed by atoms with Crippen molar-refractivity contribution in [1.29, 1.82) is 0 Å². The topological polar surface area (TPSA) is 82.6 Å². The van der Waals surface area contributed by atoms with Crippen LogP contribution in [0.3, 0.4) is 0 Å². The fourth-order valence-corrected chi connectivity index (χ4v) is 3.86. The van der Waals surface area contributed by atoms with Crippen LogP contribution >= 0.6 is 11.8 Å². The minimum Gasteiger partial charge on any atom is -0.497 e. The SMILES string of the molecule is COc1ccc2[nH]c(C(=O)N3CCSCC3CC(=O)O)cc2c1. The zero-order valence-electron chi connectivity index (χ0n) is 12.7. The first-order valence-corrected chi connectivity index (χ1v) is 8.51. The Morgan fingerprint density at radius 2 is 2.26 bits per heavy atom. The van der Waals surface area contributed by atoms with Crippen molar-refractivity contribution in [3.63, 3.8) is 0 Å². The molecule has 1 atom stereocenters. The van der Waals surface area contributed by atoms with Gasteiger partial charge in [0.2, 0.25) is 0 Å². The first-order chi connectivity index (χ1) is 11.1. The number of benzene rings is 1. The van der Waals surface area contributed by atoms with Crippen LogP contribution in [0.4, 0.5) is 0 Å². The number of hydrogen-bond donors (Lipinski definition) is 2. The third-order valence-corrected chi connectivity index (χ3v) is 5.05. The Hall–Kier alpha value is -2.15. The molecule has 2 aromatic rings. The number of amides is 1. The summed E-state index contributed by atoms with van der Waals surface area (Å²) in [7, 11) is 1.60. The first kappa shape index (κ1) is 15.7. The zero-order chi connectivity index (χ0) is 16.4. The Morgan fingerprint density at radius 1 is 1.43 bits per heavy atom. The number of hydrogen-bond acceptors (Lipinski definition) is 4. The van der Waals surface area contributed by atoms with E-state index >= 15 is 0 Å². The highest BCUT2D eigenvalue weighted by Crippen LogP contribution is 2.25. The molecule has 6 nitrogen and oxygen atoms in total. The van der Waals surface area contributed by atoms with Crippen LogP contribution in [0.5, 0.6) is 5.75 Å². The summed E-state index contributed by atoms with van der Waals surface area (Å²) < 4.78 is 5.19. The quantitative estimate of drug-likeness (QED) is 0.896. The number of ether oxygens (including phenoxy) is 1. The van der Waals surface area contributed by atoms with E-state index in [-0.39, 0.29) is 18.4 Å². The van der Waals surface area contributed by atoms with E-state index in [1.807, 2.05) is 18.2 Å². The molecule has 1 aromatic carbocycles. The standard InChI is InChI=1S/C16H18N2O4S/c1-22-12-2-3-13-10(6-12)7-14(17-13)16(21)18-4-5-23-9-11(18)8-15(19)20/h2-3,6-7,11,17H,4-5,8-9H2,1H3,(H,19,20). The van der Waals surface area contributed by atoms with E-state index < -0.39 is 5.97 Å². The van der Waals surface area contributed by atoms with E-state index in [2.05, 4.69) is 4.98 Å². The van der Waals surface area contributed by atoms with Crippen LogP contribution in [0.1, 0.15) is 16.9 Å². The number of methoxy groups -OCH3 is 1. The second-order valence-electron chi connectivity index (χ2n) is 5.46. The molecule has 1 aliphatic heterocycles. The smallest absolute Gasteiger partial charge is 0.305 e. The third kappa shape index (κ3) is 3.29. The molecule has 2 heterocycles. The van der Waals surface area contributed by atoms with Crippen molar-refractivity contribution in [3.8, 4) is 5.75 Å². The Kier molecular flexibility index (Phi) is 4.47. The number of nitrogens with zero attached hydrogens (tertiary/aromatic N) is 1. The average Bonchev–Trinajstić information content (AvgIpc) is 2.97. The molecule has 0 aliphatic carbocycles. The molecule has 3 rings (SSSR count). The van der Waals surface area contributed by atoms with Crippen molar-refractivity contribution in [2.45, 2.75) is 12.5 Å². The van der Waals surface area contributed by atoms with Crippen molar-refractivity contribution in [2.24, 2.45) is 0 Å². The Morgan fingerprint density at radius 3 is 3.00 bits per heavy atom. The van der Waals surface area contributed by atoms with Gasteiger partial charge in [-0.25, -0.2) is 0 Å². The summed E-state index contributed by atoms with van der Waals surface area (Å²) in [6.07, 6.45) is -0.0210. The lowest BCUT2D eigenvalue weighted by Gasteiger charge is -2.34. The minimum absolute atomic E-state index is 0.0210. The van der Waals surface area contributed by atoms with Crippen molar-refractivity contribution in [3.05, 3.63) is 30.0 Å². The number of aromatic nitrogens is 1. The number of carboxylic acid groups (broad SMARTS) is 1. The lowest BCUT2D eigenvalue weighted by atomic mass is 10.1. The Labute approximate surface area is 137 Å². The molecule has 0 saturated carbocycles. The number of aliphatic carboxylic acids is 1. The Bertz CT molecular complexity index is 743. The van der Waals surface area contributed by atoms with Crippen LogP contribution in [0.25, 0.3) is 10.9 Å². The summed E-state index contributed by atoms with van der Waals surface area (Å²) in [4.78, 5) is 28.6. The number of nitrogens with one attached hydrogen (secondary N) is 1. The fraction of sp³-hybridized carbons (Fsp3) is 0.375. The summed E-state index contributed by atoms with van der Waals surface area (Å²) in [5.41, 5.74) is 1.34.